The zero-order valence-corrected chi connectivity index (χ0v) is 22.9. The molecule has 1 heterocycles. The van der Waals surface area contributed by atoms with Gasteiger partial charge < -0.3 is 15.0 Å². The second-order valence-corrected chi connectivity index (χ2v) is 9.85. The summed E-state index contributed by atoms with van der Waals surface area (Å²) >= 11 is 6.09. The molecular weight excluding hydrogens is 542 g/mol. The molecule has 8 nitrogen and oxygen atoms in total. The average Bonchev–Trinajstić information content (AvgIpc) is 3.23. The highest BCUT2D eigenvalue weighted by molar-refractivity contribution is 6.52. The van der Waals surface area contributed by atoms with Gasteiger partial charge in [0.15, 0.2) is 0 Å². The molecule has 0 fully saturated rings. The largest absolute Gasteiger partial charge is 0.497 e. The summed E-state index contributed by atoms with van der Waals surface area (Å²) in [6, 6.07) is 28.2. The van der Waals surface area contributed by atoms with Crippen LogP contribution in [0.25, 0.3) is 0 Å². The van der Waals surface area contributed by atoms with Gasteiger partial charge in [-0.2, -0.15) is 0 Å². The molecule has 1 atom stereocenters. The van der Waals surface area contributed by atoms with Crippen molar-refractivity contribution in [2.24, 2.45) is 0 Å². The number of fused-ring (bicyclic) bond motifs is 1. The SMILES string of the molecule is COc1ccc(NC(=O)C(c2ccccc2)N(Cc2ccc(Cl)cc2)C(=O)CN2C(=O)C(=O)c3ccccc32)cc1. The second-order valence-electron chi connectivity index (χ2n) is 9.42. The number of Topliss-reactive ketones (excluding diaryl/α,β-unsaturated/α-hetero) is 1. The molecule has 1 N–H and O–H groups in total. The van der Waals surface area contributed by atoms with Crippen molar-refractivity contribution in [2.45, 2.75) is 12.6 Å². The van der Waals surface area contributed by atoms with E-state index in [1.165, 1.54) is 4.90 Å². The van der Waals surface area contributed by atoms with E-state index in [9.17, 15) is 19.2 Å². The number of para-hydroxylation sites is 1. The zero-order chi connectivity index (χ0) is 28.9. The van der Waals surface area contributed by atoms with Gasteiger partial charge in [0.05, 0.1) is 18.4 Å². The van der Waals surface area contributed by atoms with E-state index < -0.39 is 36.1 Å². The fourth-order valence-electron chi connectivity index (χ4n) is 4.73. The third-order valence-corrected chi connectivity index (χ3v) is 7.04. The number of carbonyl (C=O) groups is 4. The lowest BCUT2D eigenvalue weighted by molar-refractivity contribution is -0.139. The summed E-state index contributed by atoms with van der Waals surface area (Å²) in [6.45, 7) is -0.377. The third kappa shape index (κ3) is 5.97. The van der Waals surface area contributed by atoms with Crippen molar-refractivity contribution < 1.29 is 23.9 Å². The quantitative estimate of drug-likeness (QED) is 0.277. The molecule has 0 spiro atoms. The van der Waals surface area contributed by atoms with Crippen molar-refractivity contribution in [2.75, 3.05) is 23.9 Å². The van der Waals surface area contributed by atoms with Crippen molar-refractivity contribution >= 4 is 46.5 Å². The Labute approximate surface area is 242 Å². The van der Waals surface area contributed by atoms with Crippen LogP contribution >= 0.6 is 11.6 Å². The molecule has 41 heavy (non-hydrogen) atoms. The molecule has 0 aliphatic carbocycles. The first-order chi connectivity index (χ1) is 19.9. The molecule has 0 radical (unpaired) electrons. The second kappa shape index (κ2) is 12.1. The number of benzene rings is 4. The molecule has 0 bridgehead atoms. The van der Waals surface area contributed by atoms with E-state index in [0.29, 0.717) is 27.7 Å². The van der Waals surface area contributed by atoms with Crippen LogP contribution in [-0.4, -0.2) is 42.1 Å². The van der Waals surface area contributed by atoms with Gasteiger partial charge in [0.2, 0.25) is 5.91 Å². The maximum atomic E-state index is 14.1. The monoisotopic (exact) mass is 567 g/mol. The topological polar surface area (TPSA) is 96.0 Å². The first kappa shape index (κ1) is 27.6. The van der Waals surface area contributed by atoms with Crippen LogP contribution in [0.1, 0.15) is 27.5 Å². The van der Waals surface area contributed by atoms with Crippen molar-refractivity contribution in [3.8, 4) is 5.75 Å². The number of methoxy groups -OCH3 is 1. The van der Waals surface area contributed by atoms with E-state index in [2.05, 4.69) is 5.32 Å². The van der Waals surface area contributed by atoms with Crippen molar-refractivity contribution in [3.05, 3.63) is 125 Å². The number of anilines is 2. The first-order valence-electron chi connectivity index (χ1n) is 12.8. The summed E-state index contributed by atoms with van der Waals surface area (Å²) in [5.41, 5.74) is 2.42. The van der Waals surface area contributed by atoms with E-state index in [-0.39, 0.29) is 12.1 Å². The maximum Gasteiger partial charge on any atom is 0.299 e. The number of nitrogens with zero attached hydrogens (tertiary/aromatic N) is 2. The number of amides is 3. The number of ketones is 1. The van der Waals surface area contributed by atoms with E-state index in [0.717, 1.165) is 10.5 Å². The van der Waals surface area contributed by atoms with Crippen molar-refractivity contribution in [1.29, 1.82) is 0 Å². The average molecular weight is 568 g/mol. The summed E-state index contributed by atoms with van der Waals surface area (Å²) in [5.74, 6) is -1.80. The van der Waals surface area contributed by atoms with Gasteiger partial charge in [-0.15, -0.1) is 0 Å². The smallest absolute Gasteiger partial charge is 0.299 e. The highest BCUT2D eigenvalue weighted by Crippen LogP contribution is 2.31. The Morgan fingerprint density at radius 3 is 2.22 bits per heavy atom. The minimum absolute atomic E-state index is 0.0449. The van der Waals surface area contributed by atoms with Gasteiger partial charge in [-0.05, 0) is 59.7 Å². The molecule has 206 valence electrons. The lowest BCUT2D eigenvalue weighted by atomic mass is 10.0. The van der Waals surface area contributed by atoms with Gasteiger partial charge in [-0.25, -0.2) is 0 Å². The minimum atomic E-state index is -1.06. The predicted octanol–water partition coefficient (Wildman–Crippen LogP) is 5.29. The molecule has 5 rings (SSSR count). The van der Waals surface area contributed by atoms with Crippen molar-refractivity contribution in [3.63, 3.8) is 0 Å². The normalized spacial score (nSPS) is 13.0. The van der Waals surface area contributed by atoms with E-state index in [1.807, 2.05) is 6.07 Å². The summed E-state index contributed by atoms with van der Waals surface area (Å²) in [7, 11) is 1.55. The van der Waals surface area contributed by atoms with Gasteiger partial charge >= 0.3 is 0 Å². The summed E-state index contributed by atoms with van der Waals surface area (Å²) in [5, 5.41) is 3.43. The summed E-state index contributed by atoms with van der Waals surface area (Å²) in [6.07, 6.45) is 0. The van der Waals surface area contributed by atoms with Gasteiger partial charge in [0.1, 0.15) is 18.3 Å². The summed E-state index contributed by atoms with van der Waals surface area (Å²) in [4.78, 5) is 56.1. The van der Waals surface area contributed by atoms with Crippen LogP contribution in [-0.2, 0) is 20.9 Å². The van der Waals surface area contributed by atoms with Crippen LogP contribution in [0.4, 0.5) is 11.4 Å². The van der Waals surface area contributed by atoms with Crippen LogP contribution in [0.15, 0.2) is 103 Å². The molecule has 1 unspecified atom stereocenters. The van der Waals surface area contributed by atoms with E-state index in [4.69, 9.17) is 16.3 Å². The molecule has 0 aromatic heterocycles. The molecule has 4 aromatic rings. The molecule has 1 aliphatic heterocycles. The van der Waals surface area contributed by atoms with Crippen LogP contribution in [0.3, 0.4) is 0 Å². The zero-order valence-electron chi connectivity index (χ0n) is 22.1. The van der Waals surface area contributed by atoms with Gasteiger partial charge in [0.25, 0.3) is 17.6 Å². The number of hydrogen-bond acceptors (Lipinski definition) is 5. The third-order valence-electron chi connectivity index (χ3n) is 6.79. The number of halogens is 1. The number of nitrogens with one attached hydrogen (secondary N) is 1. The summed E-state index contributed by atoms with van der Waals surface area (Å²) < 4.78 is 5.21. The molecular formula is C32H26ClN3O5. The number of hydrogen-bond donors (Lipinski definition) is 1. The molecule has 0 saturated carbocycles. The van der Waals surface area contributed by atoms with Gasteiger partial charge in [-0.1, -0.05) is 66.2 Å². The minimum Gasteiger partial charge on any atom is -0.497 e. The number of rotatable bonds is 9. The Bertz CT molecular complexity index is 1590. The maximum absolute atomic E-state index is 14.1. The van der Waals surface area contributed by atoms with Crippen LogP contribution < -0.4 is 15.0 Å². The Balaban J connectivity index is 1.52. The standard InChI is InChI=1S/C32H26ClN3O5/c1-41-25-17-15-24(16-18-25)34-31(39)29(22-7-3-2-4-8-22)36(19-21-11-13-23(33)14-12-21)28(37)20-35-27-10-6-5-9-26(27)30(38)32(35)40/h2-18,29H,19-20H2,1H3,(H,34,39). The van der Waals surface area contributed by atoms with E-state index >= 15 is 0 Å². The van der Waals surface area contributed by atoms with Crippen LogP contribution in [0.5, 0.6) is 5.75 Å². The molecule has 0 saturated heterocycles. The van der Waals surface area contributed by atoms with E-state index in [1.54, 1.807) is 104 Å². The van der Waals surface area contributed by atoms with Gasteiger partial charge in [0, 0.05) is 17.3 Å². The lowest BCUT2D eigenvalue weighted by Crippen LogP contribution is -2.46. The van der Waals surface area contributed by atoms with Crippen LogP contribution in [0, 0.1) is 0 Å². The highest BCUT2D eigenvalue weighted by Gasteiger charge is 2.39. The lowest BCUT2D eigenvalue weighted by Gasteiger charge is -2.33. The number of ether oxygens (including phenoxy) is 1. The first-order valence-corrected chi connectivity index (χ1v) is 13.2. The van der Waals surface area contributed by atoms with Crippen molar-refractivity contribution in [1.82, 2.24) is 4.90 Å². The van der Waals surface area contributed by atoms with Gasteiger partial charge in [-0.3, -0.25) is 24.1 Å². The highest BCUT2D eigenvalue weighted by atomic mass is 35.5. The number of carbonyl (C=O) groups excluding carboxylic acids is 4. The Morgan fingerprint density at radius 2 is 1.54 bits per heavy atom. The Morgan fingerprint density at radius 1 is 0.878 bits per heavy atom. The fourth-order valence-corrected chi connectivity index (χ4v) is 4.86. The Kier molecular flexibility index (Phi) is 8.12. The van der Waals surface area contributed by atoms with Crippen LogP contribution in [0.2, 0.25) is 5.02 Å². The predicted molar refractivity (Wildman–Crippen MR) is 156 cm³/mol. The molecule has 3 amide bonds. The Hall–Kier alpha value is -4.95. The molecule has 1 aliphatic rings. The molecule has 4 aromatic carbocycles. The molecule has 9 heteroatoms. The fraction of sp³-hybridized carbons (Fsp3) is 0.125.